The van der Waals surface area contributed by atoms with Crippen molar-refractivity contribution in [1.82, 2.24) is 41.7 Å². The number of likely N-dealkylation sites (N-methyl/N-ethyl adjacent to an activating group) is 1. The summed E-state index contributed by atoms with van der Waals surface area (Å²) in [6, 6.07) is 15.7. The summed E-state index contributed by atoms with van der Waals surface area (Å²) in [5.41, 5.74) is 5.26. The molecule has 3 saturated heterocycles. The number of hydrogen-bond donors (Lipinski definition) is 13. The Morgan fingerprint density at radius 1 is 0.663 bits per heavy atom. The zero-order chi connectivity index (χ0) is 65.2. The molecule has 1 unspecified atom stereocenters. The Morgan fingerprint density at radius 3 is 1.78 bits per heavy atom. The number of hydrogen-bond acceptors (Lipinski definition) is 16. The molecular weight excluding hydrogens is 1150 g/mol. The topological polar surface area (TPSA) is 349 Å². The average molecular weight is 1240 g/mol. The van der Waals surface area contributed by atoms with E-state index in [2.05, 4.69) is 38.8 Å². The van der Waals surface area contributed by atoms with E-state index in [1.807, 2.05) is 69.7 Å². The van der Waals surface area contributed by atoms with Gasteiger partial charge >= 0.3 is 0 Å². The smallest absolute Gasteiger partial charge is 0.251 e. The number of amides is 7. The van der Waals surface area contributed by atoms with Crippen molar-refractivity contribution >= 4 is 41.4 Å². The lowest BCUT2D eigenvalue weighted by atomic mass is 9.94. The molecule has 0 spiro atoms. The van der Waals surface area contributed by atoms with E-state index in [-0.39, 0.29) is 24.2 Å². The highest BCUT2D eigenvalue weighted by Gasteiger charge is 2.50. The predicted octanol–water partition coefficient (Wildman–Crippen LogP) is 0.288. The number of quaternary nitrogens is 1. The van der Waals surface area contributed by atoms with Crippen molar-refractivity contribution in [2.75, 3.05) is 53.9 Å². The molecule has 4 aromatic rings. The Morgan fingerprint density at radius 2 is 1.21 bits per heavy atom. The fraction of sp³-hybridized carbons (Fsp3) is 0.523. The van der Waals surface area contributed by atoms with Gasteiger partial charge in [-0.3, -0.25) is 38.9 Å². The maximum Gasteiger partial charge on any atom is 0.251 e. The molecule has 3 aliphatic rings. The molecule has 7 amide bonds. The van der Waals surface area contributed by atoms with Crippen LogP contribution in [0.15, 0.2) is 91.0 Å². The number of fused-ring (bicyclic) bond motifs is 2. The summed E-state index contributed by atoms with van der Waals surface area (Å²) in [5, 5.41) is 96.7. The highest BCUT2D eigenvalue weighted by molar-refractivity contribution is 6.00. The van der Waals surface area contributed by atoms with Gasteiger partial charge in [-0.15, -0.1) is 0 Å². The first kappa shape index (κ1) is 69.1. The van der Waals surface area contributed by atoms with Crippen molar-refractivity contribution in [1.29, 1.82) is 0 Å². The van der Waals surface area contributed by atoms with Crippen molar-refractivity contribution in [3.63, 3.8) is 0 Å². The number of aryl methyl sites for hydroxylation is 2. The van der Waals surface area contributed by atoms with E-state index in [9.17, 15) is 69.3 Å². The van der Waals surface area contributed by atoms with E-state index in [1.165, 1.54) is 25.1 Å². The summed E-state index contributed by atoms with van der Waals surface area (Å²) >= 11 is 0. The van der Waals surface area contributed by atoms with Crippen LogP contribution in [0.3, 0.4) is 0 Å². The molecule has 0 bridgehead atoms. The predicted molar refractivity (Wildman–Crippen MR) is 330 cm³/mol. The number of unbranched alkanes of at least 4 members (excludes halogenated alkanes) is 2. The molecular formula is C65H90N9O15+. The van der Waals surface area contributed by atoms with Gasteiger partial charge in [0.2, 0.25) is 35.4 Å². The first-order chi connectivity index (χ1) is 42.1. The number of carbonyl (C=O) groups excluding carboxylic acids is 7. The number of carbonyl (C=O) groups is 7. The molecule has 0 saturated carbocycles. The maximum absolute atomic E-state index is 14.9. The van der Waals surface area contributed by atoms with Gasteiger partial charge in [0.1, 0.15) is 60.4 Å². The lowest BCUT2D eigenvalue weighted by Crippen LogP contribution is -2.64. The number of ether oxygens (including phenoxy) is 1. The van der Waals surface area contributed by atoms with Crippen LogP contribution in [0.2, 0.25) is 0 Å². The first-order valence-electron chi connectivity index (χ1n) is 30.5. The van der Waals surface area contributed by atoms with E-state index in [0.717, 1.165) is 69.6 Å². The van der Waals surface area contributed by atoms with Crippen LogP contribution in [0.1, 0.15) is 93.0 Å². The third kappa shape index (κ3) is 17.5. The summed E-state index contributed by atoms with van der Waals surface area (Å²) in [6.07, 6.45) is -11.8. The van der Waals surface area contributed by atoms with Gasteiger partial charge in [-0.2, -0.15) is 0 Å². The van der Waals surface area contributed by atoms with Crippen LogP contribution < -0.4 is 36.6 Å². The van der Waals surface area contributed by atoms with Crippen LogP contribution in [0.5, 0.6) is 5.75 Å². The second kappa shape index (κ2) is 30.4. The second-order valence-electron chi connectivity index (χ2n) is 25.0. The zero-order valence-corrected chi connectivity index (χ0v) is 52.1. The Hall–Kier alpha value is -7.39. The molecule has 13 N–H and O–H groups in total. The van der Waals surface area contributed by atoms with Gasteiger partial charge in [0.05, 0.1) is 64.8 Å². The van der Waals surface area contributed by atoms with Crippen LogP contribution in [0.25, 0.3) is 22.3 Å². The number of aliphatic hydroxyl groups is 7. The lowest BCUT2D eigenvalue weighted by molar-refractivity contribution is -0.869. The van der Waals surface area contributed by atoms with E-state index >= 15 is 0 Å². The standard InChI is InChI=1S/C65H89N9O15/c1-10-11-12-29-89-47-25-23-43(24-26-47)41-17-15-40(16-18-41)42-19-21-44(22-20-42)59(82)67-48-32-50(78)58(66-27-28-74(7,8)9)71-63(86)54-55(79)37(4)33-73(54)65(88)52(39(6)76)69-62(85)53(57(81)56(80)45-14-13-35(2)36(3)30-45)70-61(84)49-31-46(77)34-72(49)64(87)51(38(5)75)68-60(48)83/h13-26,30,37-39,46,48-58,66,75-81H,10-12,27-29,31-34H2,1-9H3,(H4-,67,68,69,70,71,82,83,84,85,86)/p+1/t37-,38+,39+,46+,48-,49-,50+,51-,52-,53-,54-,55-,56-,57-,58?/m0/s1. The molecule has 24 heteroatoms. The number of nitrogens with one attached hydrogen (secondary N) is 6. The molecule has 4 aromatic carbocycles. The van der Waals surface area contributed by atoms with Crippen molar-refractivity contribution in [2.45, 2.75) is 159 Å². The fourth-order valence-corrected chi connectivity index (χ4v) is 11.3. The first-order valence-corrected chi connectivity index (χ1v) is 30.5. The van der Waals surface area contributed by atoms with Crippen LogP contribution in [0, 0.1) is 19.8 Å². The number of aliphatic hydroxyl groups excluding tert-OH is 7. The monoisotopic (exact) mass is 1240 g/mol. The van der Waals surface area contributed by atoms with Crippen LogP contribution >= 0.6 is 0 Å². The third-order valence-electron chi connectivity index (χ3n) is 16.9. The molecule has 484 valence electrons. The molecule has 7 rings (SSSR count). The van der Waals surface area contributed by atoms with Crippen molar-refractivity contribution in [3.05, 3.63) is 113 Å². The van der Waals surface area contributed by atoms with E-state index < -0.39 is 152 Å². The highest BCUT2D eigenvalue weighted by Crippen LogP contribution is 2.30. The summed E-state index contributed by atoms with van der Waals surface area (Å²) < 4.78 is 6.28. The van der Waals surface area contributed by atoms with E-state index in [1.54, 1.807) is 45.0 Å². The van der Waals surface area contributed by atoms with Crippen molar-refractivity contribution in [3.8, 4) is 28.0 Å². The summed E-state index contributed by atoms with van der Waals surface area (Å²) in [7, 11) is 5.67. The van der Waals surface area contributed by atoms with Gasteiger partial charge in [-0.1, -0.05) is 93.4 Å². The second-order valence-corrected chi connectivity index (χ2v) is 25.0. The van der Waals surface area contributed by atoms with Crippen LogP contribution in [-0.2, 0) is 28.8 Å². The number of benzene rings is 4. The van der Waals surface area contributed by atoms with Gasteiger partial charge in [0, 0.05) is 44.0 Å². The highest BCUT2D eigenvalue weighted by atomic mass is 16.5. The van der Waals surface area contributed by atoms with Crippen LogP contribution in [0.4, 0.5) is 0 Å². The summed E-state index contributed by atoms with van der Waals surface area (Å²) in [5.74, 6) is -7.63. The minimum absolute atomic E-state index is 0.0727. The van der Waals surface area contributed by atoms with Gasteiger partial charge in [0.15, 0.2) is 0 Å². The molecule has 3 heterocycles. The molecule has 0 aromatic heterocycles. The zero-order valence-electron chi connectivity index (χ0n) is 52.1. The molecule has 24 nitrogen and oxygen atoms in total. The maximum atomic E-state index is 14.9. The molecule has 0 aliphatic carbocycles. The number of rotatable bonds is 18. The molecule has 3 aliphatic heterocycles. The van der Waals surface area contributed by atoms with Crippen LogP contribution in [-0.4, -0.2) is 224 Å². The minimum atomic E-state index is -2.20. The van der Waals surface area contributed by atoms with E-state index in [0.29, 0.717) is 23.2 Å². The van der Waals surface area contributed by atoms with Gasteiger partial charge in [-0.25, -0.2) is 0 Å². The molecule has 0 radical (unpaired) electrons. The molecule has 89 heavy (non-hydrogen) atoms. The Labute approximate surface area is 519 Å². The number of nitrogens with zero attached hydrogens (tertiary/aromatic N) is 3. The molecule has 3 fully saturated rings. The quantitative estimate of drug-likeness (QED) is 0.0470. The Kier molecular flexibility index (Phi) is 23.6. The summed E-state index contributed by atoms with van der Waals surface area (Å²) in [4.78, 5) is 105. The Bertz CT molecular complexity index is 3110. The van der Waals surface area contributed by atoms with Gasteiger partial charge in [0.25, 0.3) is 5.91 Å². The average Bonchev–Trinajstić information content (AvgIpc) is 3.88. The molecule has 15 atom stereocenters. The lowest BCUT2D eigenvalue weighted by Gasteiger charge is -2.34. The van der Waals surface area contributed by atoms with Crippen molar-refractivity contribution in [2.24, 2.45) is 5.92 Å². The van der Waals surface area contributed by atoms with Gasteiger partial charge < -0.3 is 81.3 Å². The SMILES string of the molecule is CCCCCOc1ccc(-c2ccc(-c3ccc(C(=O)N[C@H]4C[C@@H](O)C(NCC[N+](C)(C)C)NC(=O)[C@@H]5[C@@H](O)[C@@H](C)CN5C(=O)[C@H]([C@@H](C)O)NC(=O)[C@H]([C@H](O)[C@@H](O)c5ccc(C)c(C)c5)NC(=O)[C@@H]5C[C@@H](O)CN5C(=O)[C@H]([C@@H](C)O)NC4=O)cc3)cc2)cc1. The van der Waals surface area contributed by atoms with E-state index in [4.69, 9.17) is 4.74 Å². The summed E-state index contributed by atoms with van der Waals surface area (Å²) in [6.45, 7) is 9.91. The third-order valence-corrected chi connectivity index (χ3v) is 16.9. The minimum Gasteiger partial charge on any atom is -0.494 e. The van der Waals surface area contributed by atoms with Crippen molar-refractivity contribution < 1.29 is 78.5 Å². The normalized spacial score (nSPS) is 26.5. The van der Waals surface area contributed by atoms with Gasteiger partial charge in [-0.05, 0) is 97.3 Å². The fourth-order valence-electron chi connectivity index (χ4n) is 11.3. The largest absolute Gasteiger partial charge is 0.494 e. The Balaban J connectivity index is 1.24.